The van der Waals surface area contributed by atoms with E-state index in [1.54, 1.807) is 12.1 Å². The van der Waals surface area contributed by atoms with Gasteiger partial charge in [-0.15, -0.1) is 0 Å². The Morgan fingerprint density at radius 1 is 1.33 bits per heavy atom. The normalized spacial score (nSPS) is 17.7. The Morgan fingerprint density at radius 2 is 2.11 bits per heavy atom. The highest BCUT2D eigenvalue weighted by Gasteiger charge is 2.21. The summed E-state index contributed by atoms with van der Waals surface area (Å²) in [6, 6.07) is 3.74. The van der Waals surface area contributed by atoms with Gasteiger partial charge in [-0.05, 0) is 60.9 Å². The second kappa shape index (κ2) is 5.40. The molecule has 0 aliphatic heterocycles. The van der Waals surface area contributed by atoms with E-state index in [1.165, 1.54) is 5.56 Å². The largest absolute Gasteiger partial charge is 0.508 e. The Labute approximate surface area is 106 Å². The summed E-state index contributed by atoms with van der Waals surface area (Å²) in [5.41, 5.74) is 9.48. The summed E-state index contributed by atoms with van der Waals surface area (Å²) in [5, 5.41) is 18.3. The predicted molar refractivity (Wildman–Crippen MR) is 68.7 cm³/mol. The maximum Gasteiger partial charge on any atom is 0.303 e. The number of fused-ring (bicyclic) bond motifs is 1. The summed E-state index contributed by atoms with van der Waals surface area (Å²) in [5.74, 6) is -0.464. The van der Waals surface area contributed by atoms with E-state index in [2.05, 4.69) is 0 Å². The van der Waals surface area contributed by atoms with Crippen LogP contribution in [0.2, 0.25) is 0 Å². The zero-order valence-electron chi connectivity index (χ0n) is 10.4. The van der Waals surface area contributed by atoms with Gasteiger partial charge in [-0.25, -0.2) is 0 Å². The first kappa shape index (κ1) is 12.9. The second-order valence-corrected chi connectivity index (χ2v) is 5.01. The molecule has 1 atom stereocenters. The van der Waals surface area contributed by atoms with Crippen molar-refractivity contribution in [3.8, 4) is 5.75 Å². The van der Waals surface area contributed by atoms with E-state index in [1.807, 2.05) is 0 Å². The molecular formula is C14H19NO3. The van der Waals surface area contributed by atoms with E-state index in [-0.39, 0.29) is 18.2 Å². The lowest BCUT2D eigenvalue weighted by Crippen LogP contribution is -2.19. The van der Waals surface area contributed by atoms with Crippen molar-refractivity contribution >= 4 is 5.97 Å². The van der Waals surface area contributed by atoms with Crippen molar-refractivity contribution in [3.05, 3.63) is 28.8 Å². The predicted octanol–water partition coefficient (Wildman–Crippen LogP) is 1.62. The van der Waals surface area contributed by atoms with Crippen LogP contribution in [0.3, 0.4) is 0 Å². The molecule has 0 radical (unpaired) electrons. The average Bonchev–Trinajstić information content (AvgIpc) is 2.64. The number of hydrogen-bond donors (Lipinski definition) is 3. The molecule has 1 unspecified atom stereocenters. The van der Waals surface area contributed by atoms with Crippen LogP contribution >= 0.6 is 0 Å². The zero-order valence-corrected chi connectivity index (χ0v) is 10.4. The van der Waals surface area contributed by atoms with Gasteiger partial charge in [-0.3, -0.25) is 4.79 Å². The third-order valence-corrected chi connectivity index (χ3v) is 3.45. The molecule has 1 aromatic carbocycles. The van der Waals surface area contributed by atoms with Crippen LogP contribution in [0.4, 0.5) is 0 Å². The molecule has 0 saturated carbocycles. The molecule has 4 N–H and O–H groups in total. The topological polar surface area (TPSA) is 83.5 Å². The highest BCUT2D eigenvalue weighted by Crippen LogP contribution is 2.30. The lowest BCUT2D eigenvalue weighted by Gasteiger charge is -2.09. The number of rotatable bonds is 5. The van der Waals surface area contributed by atoms with Crippen LogP contribution in [-0.4, -0.2) is 22.2 Å². The van der Waals surface area contributed by atoms with Crippen molar-refractivity contribution in [2.24, 2.45) is 5.73 Å². The molecule has 1 aromatic rings. The summed E-state index contributed by atoms with van der Waals surface area (Å²) in [7, 11) is 0. The fraction of sp³-hybridized carbons (Fsp3) is 0.500. The zero-order chi connectivity index (χ0) is 13.1. The Kier molecular flexibility index (Phi) is 3.87. The minimum Gasteiger partial charge on any atom is -0.508 e. The van der Waals surface area contributed by atoms with Crippen LogP contribution in [0.15, 0.2) is 12.1 Å². The maximum atomic E-state index is 10.4. The number of aryl methyl sites for hydroxylation is 1. The van der Waals surface area contributed by atoms with Gasteiger partial charge in [0.15, 0.2) is 0 Å². The van der Waals surface area contributed by atoms with Gasteiger partial charge in [-0.1, -0.05) is 0 Å². The van der Waals surface area contributed by atoms with Crippen molar-refractivity contribution in [2.45, 2.75) is 44.6 Å². The van der Waals surface area contributed by atoms with Gasteiger partial charge < -0.3 is 15.9 Å². The number of carbonyl (C=O) groups is 1. The van der Waals surface area contributed by atoms with Crippen LogP contribution in [0.25, 0.3) is 0 Å². The Hall–Kier alpha value is -1.55. The molecule has 0 amide bonds. The van der Waals surface area contributed by atoms with E-state index in [9.17, 15) is 9.90 Å². The maximum absolute atomic E-state index is 10.4. The molecule has 1 aliphatic rings. The number of hydrogen-bond acceptors (Lipinski definition) is 3. The Bertz CT molecular complexity index is 457. The molecule has 4 heteroatoms. The smallest absolute Gasteiger partial charge is 0.303 e. The molecule has 0 bridgehead atoms. The molecule has 0 saturated heterocycles. The molecule has 0 spiro atoms. The van der Waals surface area contributed by atoms with E-state index in [4.69, 9.17) is 10.8 Å². The van der Waals surface area contributed by atoms with Crippen molar-refractivity contribution in [1.82, 2.24) is 0 Å². The molecule has 4 nitrogen and oxygen atoms in total. The number of aromatic hydroxyl groups is 1. The molecule has 18 heavy (non-hydrogen) atoms. The highest BCUT2D eigenvalue weighted by atomic mass is 16.4. The number of unbranched alkanes of at least 4 members (excludes halogenated alkanes) is 1. The minimum absolute atomic E-state index is 0.152. The molecular weight excluding hydrogens is 230 g/mol. The van der Waals surface area contributed by atoms with Crippen LogP contribution in [-0.2, 0) is 24.1 Å². The van der Waals surface area contributed by atoms with Gasteiger partial charge in [0.25, 0.3) is 0 Å². The van der Waals surface area contributed by atoms with E-state index < -0.39 is 5.97 Å². The van der Waals surface area contributed by atoms with Crippen LogP contribution in [0.1, 0.15) is 36.0 Å². The SMILES string of the molecule is NC1Cc2cc(O)cc(CCCCC(=O)O)c2C1. The van der Waals surface area contributed by atoms with Crippen molar-refractivity contribution < 1.29 is 15.0 Å². The number of carboxylic acid groups (broad SMARTS) is 1. The summed E-state index contributed by atoms with van der Waals surface area (Å²) in [4.78, 5) is 10.4. The standard InChI is InChI=1S/C14H19NO3/c15-11-5-10-7-12(16)6-9(13(10)8-11)3-1-2-4-14(17)18/h6-7,11,16H,1-5,8,15H2,(H,17,18). The van der Waals surface area contributed by atoms with Gasteiger partial charge >= 0.3 is 5.97 Å². The average molecular weight is 249 g/mol. The summed E-state index contributed by atoms with van der Waals surface area (Å²) >= 11 is 0. The van der Waals surface area contributed by atoms with Gasteiger partial charge in [0, 0.05) is 12.5 Å². The van der Waals surface area contributed by atoms with E-state index in [0.717, 1.165) is 36.8 Å². The van der Waals surface area contributed by atoms with Gasteiger partial charge in [0.1, 0.15) is 5.75 Å². The third-order valence-electron chi connectivity index (χ3n) is 3.45. The molecule has 0 aromatic heterocycles. The number of aliphatic carboxylic acids is 1. The first-order chi connectivity index (χ1) is 8.56. The van der Waals surface area contributed by atoms with Gasteiger partial charge in [-0.2, -0.15) is 0 Å². The Balaban J connectivity index is 2.02. The quantitative estimate of drug-likeness (QED) is 0.692. The number of phenolic OH excluding ortho intramolecular Hbond substituents is 1. The van der Waals surface area contributed by atoms with E-state index in [0.29, 0.717) is 6.42 Å². The fourth-order valence-corrected chi connectivity index (χ4v) is 2.66. The summed E-state index contributed by atoms with van der Waals surface area (Å²) in [6.45, 7) is 0. The number of phenols is 1. The number of nitrogens with two attached hydrogens (primary N) is 1. The first-order valence-corrected chi connectivity index (χ1v) is 6.37. The third kappa shape index (κ3) is 3.01. The monoisotopic (exact) mass is 249 g/mol. The first-order valence-electron chi connectivity index (χ1n) is 6.37. The highest BCUT2D eigenvalue weighted by molar-refractivity contribution is 5.66. The number of carboxylic acids is 1. The minimum atomic E-state index is -0.752. The van der Waals surface area contributed by atoms with Crippen LogP contribution < -0.4 is 5.73 Å². The molecule has 2 rings (SSSR count). The van der Waals surface area contributed by atoms with Crippen molar-refractivity contribution in [1.29, 1.82) is 0 Å². The summed E-state index contributed by atoms with van der Waals surface area (Å²) in [6.07, 6.45) is 4.22. The lowest BCUT2D eigenvalue weighted by molar-refractivity contribution is -0.137. The van der Waals surface area contributed by atoms with E-state index >= 15 is 0 Å². The molecule has 0 heterocycles. The lowest BCUT2D eigenvalue weighted by atomic mass is 9.98. The van der Waals surface area contributed by atoms with Crippen LogP contribution in [0, 0.1) is 0 Å². The Morgan fingerprint density at radius 3 is 2.83 bits per heavy atom. The van der Waals surface area contributed by atoms with Crippen molar-refractivity contribution in [3.63, 3.8) is 0 Å². The fourth-order valence-electron chi connectivity index (χ4n) is 2.66. The molecule has 98 valence electrons. The second-order valence-electron chi connectivity index (χ2n) is 5.01. The number of benzene rings is 1. The summed E-state index contributed by atoms with van der Waals surface area (Å²) < 4.78 is 0. The van der Waals surface area contributed by atoms with Gasteiger partial charge in [0.2, 0.25) is 0 Å². The van der Waals surface area contributed by atoms with Gasteiger partial charge in [0.05, 0.1) is 0 Å². The van der Waals surface area contributed by atoms with Crippen molar-refractivity contribution in [2.75, 3.05) is 0 Å². The van der Waals surface area contributed by atoms with Crippen LogP contribution in [0.5, 0.6) is 5.75 Å². The molecule has 0 fully saturated rings. The molecule has 1 aliphatic carbocycles.